The van der Waals surface area contributed by atoms with Gasteiger partial charge in [0.2, 0.25) is 5.82 Å². The fraction of sp³-hybridized carbons (Fsp3) is 0.167. The molecule has 9 heteroatoms. The largest absolute Gasteiger partial charge is 0.477 e. The number of benzene rings is 2. The molecule has 3 rings (SSSR count). The predicted molar refractivity (Wildman–Crippen MR) is 96.4 cm³/mol. The maximum atomic E-state index is 12.2. The number of amides is 1. The van der Waals surface area contributed by atoms with Gasteiger partial charge in [-0.1, -0.05) is 29.8 Å². The van der Waals surface area contributed by atoms with Crippen LogP contribution in [0.5, 0.6) is 5.75 Å². The van der Waals surface area contributed by atoms with Crippen LogP contribution in [0.1, 0.15) is 11.1 Å². The van der Waals surface area contributed by atoms with E-state index in [4.69, 9.17) is 9.37 Å². The Bertz CT molecular complexity index is 999. The third kappa shape index (κ3) is 4.09. The standard InChI is InChI=1S/C18H16N4O5/c1-11-7-8-12(2)13(9-11)17-18(21-27-20-17)19-16(23)10-26-15-6-4-3-5-14(15)22(24)25/h3-9H,10H2,1-2H3,(H,19,21,23). The van der Waals surface area contributed by atoms with Crippen molar-refractivity contribution in [1.82, 2.24) is 10.3 Å². The topological polar surface area (TPSA) is 120 Å². The maximum Gasteiger partial charge on any atom is 0.310 e. The molecular formula is C18H16N4O5. The number of hydrogen-bond acceptors (Lipinski definition) is 7. The van der Waals surface area contributed by atoms with E-state index in [2.05, 4.69) is 15.6 Å². The minimum atomic E-state index is -0.576. The second-order valence-electron chi connectivity index (χ2n) is 5.84. The molecule has 0 radical (unpaired) electrons. The van der Waals surface area contributed by atoms with Crippen LogP contribution < -0.4 is 10.1 Å². The summed E-state index contributed by atoms with van der Waals surface area (Å²) in [6.07, 6.45) is 0. The Hall–Kier alpha value is -3.75. The van der Waals surface area contributed by atoms with Crippen LogP contribution in [0.25, 0.3) is 11.3 Å². The van der Waals surface area contributed by atoms with Crippen LogP contribution >= 0.6 is 0 Å². The van der Waals surface area contributed by atoms with Gasteiger partial charge in [-0.05, 0) is 41.9 Å². The van der Waals surface area contributed by atoms with E-state index in [0.29, 0.717) is 5.69 Å². The molecule has 0 saturated heterocycles. The van der Waals surface area contributed by atoms with Gasteiger partial charge >= 0.3 is 5.69 Å². The highest BCUT2D eigenvalue weighted by atomic mass is 16.6. The Morgan fingerprint density at radius 1 is 1.22 bits per heavy atom. The molecule has 0 atom stereocenters. The Kier molecular flexibility index (Phi) is 5.11. The number of aryl methyl sites for hydroxylation is 2. The van der Waals surface area contributed by atoms with Crippen molar-refractivity contribution in [1.29, 1.82) is 0 Å². The fourth-order valence-corrected chi connectivity index (χ4v) is 2.48. The SMILES string of the molecule is Cc1ccc(C)c(-c2nonc2NC(=O)COc2ccccc2[N+](=O)[O-])c1. The summed E-state index contributed by atoms with van der Waals surface area (Å²) in [5, 5.41) is 21.1. The van der Waals surface area contributed by atoms with Crippen LogP contribution in [0.4, 0.5) is 11.5 Å². The number of rotatable bonds is 6. The molecule has 0 saturated carbocycles. The number of nitro groups is 1. The van der Waals surface area contributed by atoms with E-state index in [-0.39, 0.29) is 17.3 Å². The molecule has 1 amide bonds. The number of ether oxygens (including phenoxy) is 1. The molecule has 0 aliphatic heterocycles. The minimum absolute atomic E-state index is 0.00526. The van der Waals surface area contributed by atoms with Crippen LogP contribution in [0.2, 0.25) is 0 Å². The first-order valence-electron chi connectivity index (χ1n) is 8.02. The lowest BCUT2D eigenvalue weighted by Gasteiger charge is -2.08. The van der Waals surface area contributed by atoms with Gasteiger partial charge < -0.3 is 10.1 Å². The Morgan fingerprint density at radius 2 is 2.00 bits per heavy atom. The molecule has 0 aliphatic rings. The Balaban J connectivity index is 1.72. The number of nitrogens with one attached hydrogen (secondary N) is 1. The van der Waals surface area contributed by atoms with Crippen molar-refractivity contribution in [2.45, 2.75) is 13.8 Å². The van der Waals surface area contributed by atoms with Gasteiger partial charge in [0.25, 0.3) is 5.91 Å². The van der Waals surface area contributed by atoms with Crippen LogP contribution in [0, 0.1) is 24.0 Å². The molecule has 2 aromatic carbocycles. The number of aromatic nitrogens is 2. The normalized spacial score (nSPS) is 10.4. The van der Waals surface area contributed by atoms with E-state index in [1.165, 1.54) is 18.2 Å². The Labute approximate surface area is 154 Å². The van der Waals surface area contributed by atoms with E-state index in [0.717, 1.165) is 16.7 Å². The number of nitro benzene ring substituents is 1. The zero-order valence-electron chi connectivity index (χ0n) is 14.6. The van der Waals surface area contributed by atoms with Gasteiger partial charge in [-0.2, -0.15) is 0 Å². The second kappa shape index (κ2) is 7.65. The third-order valence-corrected chi connectivity index (χ3v) is 3.82. The van der Waals surface area contributed by atoms with Crippen molar-refractivity contribution in [3.8, 4) is 17.0 Å². The quantitative estimate of drug-likeness (QED) is 0.523. The number of para-hydroxylation sites is 2. The first-order chi connectivity index (χ1) is 13.0. The third-order valence-electron chi connectivity index (χ3n) is 3.82. The van der Waals surface area contributed by atoms with Gasteiger partial charge in [0.05, 0.1) is 4.92 Å². The van der Waals surface area contributed by atoms with Crippen LogP contribution in [-0.2, 0) is 4.79 Å². The van der Waals surface area contributed by atoms with Crippen LogP contribution in [0.15, 0.2) is 47.1 Å². The number of carbonyl (C=O) groups is 1. The number of carbonyl (C=O) groups excluding carboxylic acids is 1. The molecule has 9 nitrogen and oxygen atoms in total. The van der Waals surface area contributed by atoms with Crippen molar-refractivity contribution in [3.63, 3.8) is 0 Å². The lowest BCUT2D eigenvalue weighted by atomic mass is 10.0. The zero-order valence-corrected chi connectivity index (χ0v) is 14.6. The molecule has 0 spiro atoms. The molecule has 0 bridgehead atoms. The molecule has 0 unspecified atom stereocenters. The van der Waals surface area contributed by atoms with E-state index < -0.39 is 17.4 Å². The van der Waals surface area contributed by atoms with Crippen molar-refractivity contribution in [3.05, 3.63) is 63.7 Å². The summed E-state index contributed by atoms with van der Waals surface area (Å²) in [6, 6.07) is 11.6. The summed E-state index contributed by atoms with van der Waals surface area (Å²) in [4.78, 5) is 22.6. The number of anilines is 1. The van der Waals surface area contributed by atoms with Gasteiger partial charge in [-0.15, -0.1) is 0 Å². The van der Waals surface area contributed by atoms with Gasteiger partial charge in [0, 0.05) is 11.6 Å². The number of hydrogen-bond donors (Lipinski definition) is 1. The highest BCUT2D eigenvalue weighted by molar-refractivity contribution is 5.94. The summed E-state index contributed by atoms with van der Waals surface area (Å²) >= 11 is 0. The van der Waals surface area contributed by atoms with Crippen molar-refractivity contribution >= 4 is 17.4 Å². The average Bonchev–Trinajstić information content (AvgIpc) is 3.10. The molecule has 27 heavy (non-hydrogen) atoms. The van der Waals surface area contributed by atoms with E-state index in [1.807, 2.05) is 32.0 Å². The average molecular weight is 368 g/mol. The summed E-state index contributed by atoms with van der Waals surface area (Å²) < 4.78 is 10.0. The highest BCUT2D eigenvalue weighted by Crippen LogP contribution is 2.29. The zero-order chi connectivity index (χ0) is 19.4. The monoisotopic (exact) mass is 368 g/mol. The highest BCUT2D eigenvalue weighted by Gasteiger charge is 2.19. The van der Waals surface area contributed by atoms with Crippen molar-refractivity contribution in [2.75, 3.05) is 11.9 Å². The minimum Gasteiger partial charge on any atom is -0.477 e. The fourth-order valence-electron chi connectivity index (χ4n) is 2.48. The molecular weight excluding hydrogens is 352 g/mol. The Morgan fingerprint density at radius 3 is 2.78 bits per heavy atom. The molecule has 1 aromatic heterocycles. The van der Waals surface area contributed by atoms with E-state index in [9.17, 15) is 14.9 Å². The lowest BCUT2D eigenvalue weighted by molar-refractivity contribution is -0.385. The van der Waals surface area contributed by atoms with Crippen LogP contribution in [-0.4, -0.2) is 27.8 Å². The van der Waals surface area contributed by atoms with E-state index >= 15 is 0 Å². The summed E-state index contributed by atoms with van der Waals surface area (Å²) in [6.45, 7) is 3.42. The second-order valence-corrected chi connectivity index (χ2v) is 5.84. The predicted octanol–water partition coefficient (Wildman–Crippen LogP) is 3.28. The summed E-state index contributed by atoms with van der Waals surface area (Å²) in [5.41, 5.74) is 2.93. The smallest absolute Gasteiger partial charge is 0.310 e. The van der Waals surface area contributed by atoms with Crippen LogP contribution in [0.3, 0.4) is 0 Å². The maximum absolute atomic E-state index is 12.2. The van der Waals surface area contributed by atoms with Crippen molar-refractivity contribution < 1.29 is 19.1 Å². The molecule has 1 N–H and O–H groups in total. The van der Waals surface area contributed by atoms with Gasteiger partial charge in [-0.3, -0.25) is 14.9 Å². The molecule has 0 fully saturated rings. The molecule has 3 aromatic rings. The summed E-state index contributed by atoms with van der Waals surface area (Å²) in [5.74, 6) is -0.388. The van der Waals surface area contributed by atoms with Crippen molar-refractivity contribution in [2.24, 2.45) is 0 Å². The van der Waals surface area contributed by atoms with E-state index in [1.54, 1.807) is 6.07 Å². The number of nitrogens with zero attached hydrogens (tertiary/aromatic N) is 3. The first-order valence-corrected chi connectivity index (χ1v) is 8.02. The molecule has 0 aliphatic carbocycles. The molecule has 138 valence electrons. The van der Waals surface area contributed by atoms with Gasteiger partial charge in [0.1, 0.15) is 0 Å². The first kappa shape index (κ1) is 18.1. The molecule has 1 heterocycles. The lowest BCUT2D eigenvalue weighted by Crippen LogP contribution is -2.21. The summed E-state index contributed by atoms with van der Waals surface area (Å²) in [7, 11) is 0. The van der Waals surface area contributed by atoms with Gasteiger partial charge in [-0.25, -0.2) is 4.63 Å². The van der Waals surface area contributed by atoms with Gasteiger partial charge in [0.15, 0.2) is 18.1 Å².